The van der Waals surface area contributed by atoms with E-state index in [1.54, 1.807) is 0 Å². The standard InChI is InChI=1S/C14H19NO4/c1-9-3-5-11(6-4-9)7-8-12(17)15-13(10(2)16)14(18)19/h3-6,10,13,16H,7-8H2,1-2H3,(H,15,17)(H,18,19)/t10-,13+/m1/s1. The predicted octanol–water partition coefficient (Wildman–Crippen LogP) is 0.878. The molecule has 0 aliphatic rings. The van der Waals surface area contributed by atoms with Crippen molar-refractivity contribution < 1.29 is 19.8 Å². The van der Waals surface area contributed by atoms with Gasteiger partial charge in [0.25, 0.3) is 0 Å². The molecule has 0 aliphatic heterocycles. The number of aliphatic hydroxyl groups is 1. The molecule has 0 unspecified atom stereocenters. The number of aryl methyl sites for hydroxylation is 2. The molecular formula is C14H19NO4. The molecule has 0 bridgehead atoms. The van der Waals surface area contributed by atoms with Crippen molar-refractivity contribution >= 4 is 11.9 Å². The van der Waals surface area contributed by atoms with Gasteiger partial charge in [-0.1, -0.05) is 29.8 Å². The van der Waals surface area contributed by atoms with Crippen LogP contribution in [0.25, 0.3) is 0 Å². The zero-order valence-electron chi connectivity index (χ0n) is 11.1. The summed E-state index contributed by atoms with van der Waals surface area (Å²) in [6.45, 7) is 3.32. The van der Waals surface area contributed by atoms with Crippen LogP contribution in [0.1, 0.15) is 24.5 Å². The molecule has 2 atom stereocenters. The highest BCUT2D eigenvalue weighted by atomic mass is 16.4. The molecule has 104 valence electrons. The van der Waals surface area contributed by atoms with Crippen molar-refractivity contribution in [3.63, 3.8) is 0 Å². The smallest absolute Gasteiger partial charge is 0.328 e. The maximum atomic E-state index is 11.6. The van der Waals surface area contributed by atoms with Crippen LogP contribution >= 0.6 is 0 Å². The quantitative estimate of drug-likeness (QED) is 0.712. The number of aliphatic hydroxyl groups excluding tert-OH is 1. The Morgan fingerprint density at radius 1 is 1.26 bits per heavy atom. The van der Waals surface area contributed by atoms with Crippen molar-refractivity contribution in [1.29, 1.82) is 0 Å². The van der Waals surface area contributed by atoms with E-state index in [0.29, 0.717) is 6.42 Å². The second-order valence-corrected chi connectivity index (χ2v) is 4.61. The van der Waals surface area contributed by atoms with E-state index in [9.17, 15) is 14.7 Å². The summed E-state index contributed by atoms with van der Waals surface area (Å²) in [6.07, 6.45) is -0.390. The first-order valence-electron chi connectivity index (χ1n) is 6.16. The van der Waals surface area contributed by atoms with Gasteiger partial charge in [0.2, 0.25) is 5.91 Å². The van der Waals surface area contributed by atoms with Crippen molar-refractivity contribution in [2.75, 3.05) is 0 Å². The monoisotopic (exact) mass is 265 g/mol. The first-order valence-corrected chi connectivity index (χ1v) is 6.16. The summed E-state index contributed by atoms with van der Waals surface area (Å²) in [4.78, 5) is 22.4. The number of carbonyl (C=O) groups excluding carboxylic acids is 1. The van der Waals surface area contributed by atoms with Crippen LogP contribution in [-0.2, 0) is 16.0 Å². The molecule has 0 spiro atoms. The van der Waals surface area contributed by atoms with E-state index >= 15 is 0 Å². The van der Waals surface area contributed by atoms with Gasteiger partial charge in [-0.2, -0.15) is 0 Å². The normalized spacial score (nSPS) is 13.6. The fraction of sp³-hybridized carbons (Fsp3) is 0.429. The van der Waals surface area contributed by atoms with Gasteiger partial charge in [-0.05, 0) is 25.8 Å². The second kappa shape index (κ2) is 6.89. The Morgan fingerprint density at radius 2 is 1.84 bits per heavy atom. The van der Waals surface area contributed by atoms with Gasteiger partial charge in [0.15, 0.2) is 6.04 Å². The maximum absolute atomic E-state index is 11.6. The zero-order chi connectivity index (χ0) is 14.4. The molecule has 5 heteroatoms. The third-order valence-electron chi connectivity index (χ3n) is 2.83. The third kappa shape index (κ3) is 5.09. The van der Waals surface area contributed by atoms with Crippen molar-refractivity contribution in [1.82, 2.24) is 5.32 Å². The van der Waals surface area contributed by atoms with Gasteiger partial charge in [0, 0.05) is 6.42 Å². The highest BCUT2D eigenvalue weighted by Crippen LogP contribution is 2.06. The van der Waals surface area contributed by atoms with Crippen LogP contribution < -0.4 is 5.32 Å². The molecule has 3 N–H and O–H groups in total. The Bertz CT molecular complexity index is 439. The van der Waals surface area contributed by atoms with Crippen molar-refractivity contribution in [3.05, 3.63) is 35.4 Å². The minimum atomic E-state index is -1.26. The van der Waals surface area contributed by atoms with E-state index < -0.39 is 18.1 Å². The van der Waals surface area contributed by atoms with Crippen LogP contribution in [0, 0.1) is 6.92 Å². The van der Waals surface area contributed by atoms with E-state index in [1.165, 1.54) is 6.92 Å². The fourth-order valence-electron chi connectivity index (χ4n) is 1.65. The summed E-state index contributed by atoms with van der Waals surface area (Å²) in [6, 6.07) is 6.54. The Kier molecular flexibility index (Phi) is 5.51. The minimum Gasteiger partial charge on any atom is -0.480 e. The lowest BCUT2D eigenvalue weighted by molar-refractivity contribution is -0.144. The largest absolute Gasteiger partial charge is 0.480 e. The van der Waals surface area contributed by atoms with Crippen LogP contribution in [0.4, 0.5) is 0 Å². The van der Waals surface area contributed by atoms with Gasteiger partial charge in [-0.25, -0.2) is 4.79 Å². The molecule has 0 saturated heterocycles. The highest BCUT2D eigenvalue weighted by molar-refractivity contribution is 5.84. The van der Waals surface area contributed by atoms with Crippen molar-refractivity contribution in [2.45, 2.75) is 38.8 Å². The van der Waals surface area contributed by atoms with E-state index in [-0.39, 0.29) is 12.3 Å². The van der Waals surface area contributed by atoms with Gasteiger partial charge in [0.1, 0.15) is 0 Å². The SMILES string of the molecule is Cc1ccc(CCC(=O)N[C@H](C(=O)O)[C@@H](C)O)cc1. The van der Waals surface area contributed by atoms with E-state index in [2.05, 4.69) is 5.32 Å². The average Bonchev–Trinajstić information content (AvgIpc) is 2.34. The molecule has 0 heterocycles. The van der Waals surface area contributed by atoms with Crippen LogP contribution in [0.15, 0.2) is 24.3 Å². The van der Waals surface area contributed by atoms with Gasteiger partial charge in [-0.3, -0.25) is 4.79 Å². The highest BCUT2D eigenvalue weighted by Gasteiger charge is 2.24. The lowest BCUT2D eigenvalue weighted by atomic mass is 10.1. The molecule has 1 aromatic rings. The van der Waals surface area contributed by atoms with Crippen LogP contribution in [0.5, 0.6) is 0 Å². The Labute approximate surface area is 112 Å². The van der Waals surface area contributed by atoms with Gasteiger partial charge < -0.3 is 15.5 Å². The molecule has 1 rings (SSSR count). The number of aliphatic carboxylic acids is 1. The number of carboxylic acid groups (broad SMARTS) is 1. The van der Waals surface area contributed by atoms with E-state index in [1.807, 2.05) is 31.2 Å². The summed E-state index contributed by atoms with van der Waals surface area (Å²) >= 11 is 0. The summed E-state index contributed by atoms with van der Waals surface area (Å²) in [5.74, 6) is -1.62. The second-order valence-electron chi connectivity index (χ2n) is 4.61. The molecular weight excluding hydrogens is 246 g/mol. The van der Waals surface area contributed by atoms with Gasteiger partial charge >= 0.3 is 5.97 Å². The number of rotatable bonds is 6. The molecule has 19 heavy (non-hydrogen) atoms. The Balaban J connectivity index is 2.47. The number of benzene rings is 1. The zero-order valence-corrected chi connectivity index (χ0v) is 11.1. The van der Waals surface area contributed by atoms with Crippen molar-refractivity contribution in [2.24, 2.45) is 0 Å². The minimum absolute atomic E-state index is 0.194. The first-order chi connectivity index (χ1) is 8.90. The number of amides is 1. The molecule has 0 fully saturated rings. The Morgan fingerprint density at radius 3 is 2.32 bits per heavy atom. The van der Waals surface area contributed by atoms with Gasteiger partial charge in [0.05, 0.1) is 6.10 Å². The number of nitrogens with one attached hydrogen (secondary N) is 1. The molecule has 5 nitrogen and oxygen atoms in total. The molecule has 0 saturated carbocycles. The summed E-state index contributed by atoms with van der Waals surface area (Å²) in [5, 5.41) is 20.4. The van der Waals surface area contributed by atoms with Gasteiger partial charge in [-0.15, -0.1) is 0 Å². The summed E-state index contributed by atoms with van der Waals surface area (Å²) in [5.41, 5.74) is 2.16. The predicted molar refractivity (Wildman–Crippen MR) is 70.7 cm³/mol. The van der Waals surface area contributed by atoms with Crippen LogP contribution in [0.2, 0.25) is 0 Å². The van der Waals surface area contributed by atoms with Crippen LogP contribution in [0.3, 0.4) is 0 Å². The van der Waals surface area contributed by atoms with Crippen LogP contribution in [-0.4, -0.2) is 34.2 Å². The number of hydrogen-bond donors (Lipinski definition) is 3. The maximum Gasteiger partial charge on any atom is 0.328 e. The topological polar surface area (TPSA) is 86.6 Å². The molecule has 1 amide bonds. The number of carbonyl (C=O) groups is 2. The first kappa shape index (κ1) is 15.2. The lowest BCUT2D eigenvalue weighted by Gasteiger charge is -2.16. The molecule has 0 aliphatic carbocycles. The number of carboxylic acids is 1. The summed E-state index contributed by atoms with van der Waals surface area (Å²) < 4.78 is 0. The average molecular weight is 265 g/mol. The van der Waals surface area contributed by atoms with Crippen molar-refractivity contribution in [3.8, 4) is 0 Å². The molecule has 0 aromatic heterocycles. The molecule has 0 radical (unpaired) electrons. The summed E-state index contributed by atoms with van der Waals surface area (Å²) in [7, 11) is 0. The fourth-order valence-corrected chi connectivity index (χ4v) is 1.65. The third-order valence-corrected chi connectivity index (χ3v) is 2.83. The Hall–Kier alpha value is -1.88. The molecule has 1 aromatic carbocycles. The number of hydrogen-bond acceptors (Lipinski definition) is 3. The van der Waals surface area contributed by atoms with E-state index in [0.717, 1.165) is 11.1 Å². The van der Waals surface area contributed by atoms with E-state index in [4.69, 9.17) is 5.11 Å². The lowest BCUT2D eigenvalue weighted by Crippen LogP contribution is -2.47.